The summed E-state index contributed by atoms with van der Waals surface area (Å²) in [4.78, 5) is 0. The standard InChI is InChI=1S/C12H10.Li.H3P.H/c1-3-7-11(8-4-1)12-9-5-2-6-10-12;;;/h1-10H;;1H3;. The number of rotatable bonds is 1. The Hall–Kier alpha value is -0.533. The van der Waals surface area contributed by atoms with Gasteiger partial charge in [-0.25, -0.2) is 0 Å². The van der Waals surface area contributed by atoms with Crippen molar-refractivity contribution in [2.24, 2.45) is 0 Å². The van der Waals surface area contributed by atoms with E-state index < -0.39 is 0 Å². The van der Waals surface area contributed by atoms with Crippen LogP contribution in [0.15, 0.2) is 60.7 Å². The van der Waals surface area contributed by atoms with E-state index in [2.05, 4.69) is 48.5 Å². The third-order valence-corrected chi connectivity index (χ3v) is 1.88. The molecule has 0 aliphatic carbocycles. The van der Waals surface area contributed by atoms with Crippen LogP contribution < -0.4 is 0 Å². The zero-order valence-corrected chi connectivity index (χ0v) is 8.89. The van der Waals surface area contributed by atoms with Crippen LogP contribution >= 0.6 is 9.90 Å². The summed E-state index contributed by atoms with van der Waals surface area (Å²) >= 11 is 0. The van der Waals surface area contributed by atoms with E-state index in [0.29, 0.717) is 0 Å². The molecule has 0 heterocycles. The number of hydrogen-bond acceptors (Lipinski definition) is 0. The summed E-state index contributed by atoms with van der Waals surface area (Å²) in [5.41, 5.74) is 2.55. The third-order valence-electron chi connectivity index (χ3n) is 1.88. The summed E-state index contributed by atoms with van der Waals surface area (Å²) < 4.78 is 0. The molecule has 14 heavy (non-hydrogen) atoms. The Labute approximate surface area is 101 Å². The first-order valence-electron chi connectivity index (χ1n) is 4.07. The van der Waals surface area contributed by atoms with E-state index >= 15 is 0 Å². The van der Waals surface area contributed by atoms with Gasteiger partial charge in [-0.15, -0.1) is 0 Å². The van der Waals surface area contributed by atoms with E-state index in [4.69, 9.17) is 0 Å². The van der Waals surface area contributed by atoms with Crippen molar-refractivity contribution in [1.82, 2.24) is 0 Å². The van der Waals surface area contributed by atoms with Gasteiger partial charge in [0.15, 0.2) is 0 Å². The van der Waals surface area contributed by atoms with Crippen molar-refractivity contribution in [3.05, 3.63) is 60.7 Å². The summed E-state index contributed by atoms with van der Waals surface area (Å²) in [6.45, 7) is 0. The first-order valence-corrected chi connectivity index (χ1v) is 4.07. The smallest absolute Gasteiger partial charge is 0.0184 e. The molecule has 1 atom stereocenters. The van der Waals surface area contributed by atoms with Gasteiger partial charge < -0.3 is 0 Å². The van der Waals surface area contributed by atoms with Crippen LogP contribution in [0.1, 0.15) is 0 Å². The molecule has 0 spiro atoms. The van der Waals surface area contributed by atoms with Crippen LogP contribution in [0.2, 0.25) is 0 Å². The quantitative estimate of drug-likeness (QED) is 0.486. The zero-order chi connectivity index (χ0) is 8.23. The zero-order valence-electron chi connectivity index (χ0n) is 7.48. The second kappa shape index (κ2) is 6.85. The van der Waals surface area contributed by atoms with Crippen LogP contribution in [-0.2, 0) is 0 Å². The Morgan fingerprint density at radius 1 is 0.500 bits per heavy atom. The van der Waals surface area contributed by atoms with E-state index in [1.807, 2.05) is 12.1 Å². The van der Waals surface area contributed by atoms with Crippen LogP contribution in [0.3, 0.4) is 0 Å². The van der Waals surface area contributed by atoms with Crippen molar-refractivity contribution in [2.45, 2.75) is 0 Å². The molecule has 1 unspecified atom stereocenters. The number of hydrogen-bond donors (Lipinski definition) is 0. The summed E-state index contributed by atoms with van der Waals surface area (Å²) in [5, 5.41) is 0. The first-order chi connectivity index (χ1) is 5.97. The molecule has 0 aliphatic heterocycles. The van der Waals surface area contributed by atoms with Crippen LogP contribution in [0, 0.1) is 0 Å². The SMILES string of the molecule is P.[LiH].c1ccc(-c2ccccc2)cc1. The summed E-state index contributed by atoms with van der Waals surface area (Å²) in [5.74, 6) is 0. The first kappa shape index (κ1) is 13.5. The molecule has 2 aromatic carbocycles. The van der Waals surface area contributed by atoms with Gasteiger partial charge in [-0.3, -0.25) is 0 Å². The Morgan fingerprint density at radius 2 is 0.786 bits per heavy atom. The fourth-order valence-corrected chi connectivity index (χ4v) is 1.26. The summed E-state index contributed by atoms with van der Waals surface area (Å²) in [6.07, 6.45) is 0. The molecule has 0 bridgehead atoms. The molecule has 0 nitrogen and oxygen atoms in total. The fraction of sp³-hybridized carbons (Fsp3) is 0. The number of benzene rings is 2. The monoisotopic (exact) mass is 196 g/mol. The minimum Gasteiger partial charge on any atom is -0.0622 e. The van der Waals surface area contributed by atoms with Crippen molar-refractivity contribution >= 4 is 28.8 Å². The molecule has 0 saturated carbocycles. The van der Waals surface area contributed by atoms with Crippen molar-refractivity contribution in [2.75, 3.05) is 0 Å². The fourth-order valence-electron chi connectivity index (χ4n) is 1.26. The molecule has 2 aromatic rings. The molecular weight excluding hydrogens is 182 g/mol. The maximum Gasteiger partial charge on any atom is -0.0184 e. The normalized spacial score (nSPS) is 8.29. The minimum atomic E-state index is 0. The van der Waals surface area contributed by atoms with Gasteiger partial charge in [0.2, 0.25) is 0 Å². The Kier molecular flexibility index (Phi) is 6.59. The van der Waals surface area contributed by atoms with Crippen molar-refractivity contribution < 1.29 is 0 Å². The molecule has 0 radical (unpaired) electrons. The van der Waals surface area contributed by atoms with Crippen LogP contribution in [-0.4, -0.2) is 18.9 Å². The van der Waals surface area contributed by atoms with Gasteiger partial charge in [0, 0.05) is 0 Å². The van der Waals surface area contributed by atoms with E-state index in [-0.39, 0.29) is 28.8 Å². The second-order valence-corrected chi connectivity index (χ2v) is 2.73. The Morgan fingerprint density at radius 3 is 1.07 bits per heavy atom. The van der Waals surface area contributed by atoms with Gasteiger partial charge in [-0.2, -0.15) is 9.90 Å². The molecule has 2 rings (SSSR count). The maximum absolute atomic E-state index is 2.12. The van der Waals surface area contributed by atoms with E-state index in [9.17, 15) is 0 Å². The third kappa shape index (κ3) is 3.32. The predicted octanol–water partition coefficient (Wildman–Crippen LogP) is 2.76. The molecule has 0 amide bonds. The average Bonchev–Trinajstić information content (AvgIpc) is 2.21. The largest absolute Gasteiger partial charge is 0.0622 e. The van der Waals surface area contributed by atoms with Gasteiger partial charge in [0.05, 0.1) is 0 Å². The topological polar surface area (TPSA) is 0 Å². The minimum absolute atomic E-state index is 0. The van der Waals surface area contributed by atoms with Gasteiger partial charge in [-0.05, 0) is 11.1 Å². The van der Waals surface area contributed by atoms with Gasteiger partial charge in [-0.1, -0.05) is 60.7 Å². The van der Waals surface area contributed by atoms with Gasteiger partial charge in [0.25, 0.3) is 0 Å². The molecule has 0 aromatic heterocycles. The van der Waals surface area contributed by atoms with Crippen LogP contribution in [0.5, 0.6) is 0 Å². The van der Waals surface area contributed by atoms with Gasteiger partial charge >= 0.3 is 18.9 Å². The Bertz CT molecular complexity index is 308. The van der Waals surface area contributed by atoms with Crippen LogP contribution in [0.4, 0.5) is 0 Å². The molecular formula is C12H14LiP. The van der Waals surface area contributed by atoms with E-state index in [0.717, 1.165) is 0 Å². The van der Waals surface area contributed by atoms with E-state index in [1.54, 1.807) is 0 Å². The molecule has 0 N–H and O–H groups in total. The molecule has 0 aliphatic rings. The summed E-state index contributed by atoms with van der Waals surface area (Å²) in [6, 6.07) is 20.8. The Balaban J connectivity index is 0.000000845. The van der Waals surface area contributed by atoms with Crippen molar-refractivity contribution in [3.8, 4) is 11.1 Å². The van der Waals surface area contributed by atoms with Crippen LogP contribution in [0.25, 0.3) is 11.1 Å². The maximum atomic E-state index is 2.12. The molecule has 2 heteroatoms. The predicted molar refractivity (Wildman–Crippen MR) is 70.1 cm³/mol. The average molecular weight is 196 g/mol. The molecule has 0 saturated heterocycles. The van der Waals surface area contributed by atoms with Gasteiger partial charge in [0.1, 0.15) is 0 Å². The van der Waals surface area contributed by atoms with Crippen molar-refractivity contribution in [3.63, 3.8) is 0 Å². The van der Waals surface area contributed by atoms with Crippen molar-refractivity contribution in [1.29, 1.82) is 0 Å². The second-order valence-electron chi connectivity index (χ2n) is 2.73. The molecule has 68 valence electrons. The van der Waals surface area contributed by atoms with E-state index in [1.165, 1.54) is 11.1 Å². The summed E-state index contributed by atoms with van der Waals surface area (Å²) in [7, 11) is 0. The molecule has 0 fully saturated rings.